The van der Waals surface area contributed by atoms with Gasteiger partial charge in [-0.1, -0.05) is 0 Å². The van der Waals surface area contributed by atoms with Crippen molar-refractivity contribution in [2.45, 2.75) is 37.6 Å². The molecule has 1 heterocycles. The fourth-order valence-electron chi connectivity index (χ4n) is 2.33. The summed E-state index contributed by atoms with van der Waals surface area (Å²) in [5, 5.41) is 31.7. The van der Waals surface area contributed by atoms with Gasteiger partial charge in [0.15, 0.2) is 0 Å². The second kappa shape index (κ2) is 7.51. The Hall–Kier alpha value is -2.00. The summed E-state index contributed by atoms with van der Waals surface area (Å²) in [5.41, 5.74) is 0.462. The lowest BCUT2D eigenvalue weighted by Gasteiger charge is -2.42. The van der Waals surface area contributed by atoms with Gasteiger partial charge in [-0.05, 0) is 24.3 Å². The lowest BCUT2D eigenvalue weighted by molar-refractivity contribution is -0.244. The van der Waals surface area contributed by atoms with Crippen LogP contribution in [0.25, 0.3) is 0 Å². The minimum Gasteiger partial charge on any atom is -0.463 e. The molecule has 0 radical (unpaired) electrons. The number of aldehydes is 1. The van der Waals surface area contributed by atoms with Crippen LogP contribution < -0.4 is 10.1 Å². The maximum atomic E-state index is 11.3. The highest BCUT2D eigenvalue weighted by atomic mass is 16.7. The summed E-state index contributed by atoms with van der Waals surface area (Å²) < 4.78 is 11.0. The third-order valence-electron chi connectivity index (χ3n) is 3.52. The van der Waals surface area contributed by atoms with Crippen LogP contribution in [0.5, 0.6) is 5.75 Å². The predicted octanol–water partition coefficient (Wildman–Crippen LogP) is -1.18. The van der Waals surface area contributed by atoms with Gasteiger partial charge in [-0.25, -0.2) is 0 Å². The topological polar surface area (TPSA) is 125 Å². The van der Waals surface area contributed by atoms with Gasteiger partial charge in [-0.15, -0.1) is 0 Å². The molecule has 0 aliphatic carbocycles. The third kappa shape index (κ3) is 4.05. The van der Waals surface area contributed by atoms with E-state index in [1.54, 1.807) is 0 Å². The zero-order valence-electron chi connectivity index (χ0n) is 12.5. The van der Waals surface area contributed by atoms with Crippen molar-refractivity contribution in [1.82, 2.24) is 5.32 Å². The van der Waals surface area contributed by atoms with Crippen molar-refractivity contribution in [3.63, 3.8) is 0 Å². The van der Waals surface area contributed by atoms with Crippen molar-refractivity contribution in [3.05, 3.63) is 29.8 Å². The highest BCUT2D eigenvalue weighted by molar-refractivity contribution is 5.75. The standard InChI is InChI=1S/C15H19NO7/c1-8(19)16-12-14(21)13(20)11(7-18)23-15(12)22-10-4-2-9(6-17)3-5-10/h2-6,11-15,18,20-21H,7H2,1H3,(H,16,19)/t11?,12-,13-,14-,15-/m0/s1. The molecule has 1 aliphatic rings. The number of hydrogen-bond acceptors (Lipinski definition) is 7. The van der Waals surface area contributed by atoms with Crippen LogP contribution in [-0.2, 0) is 9.53 Å². The SMILES string of the molecule is CC(=O)N[C@@H]1[C@@H](Oc2ccc(C=O)cc2)OC(CO)[C@H](O)[C@H]1O. The molecular formula is C15H19NO7. The van der Waals surface area contributed by atoms with Crippen LogP contribution in [0.4, 0.5) is 0 Å². The van der Waals surface area contributed by atoms with Crippen molar-refractivity contribution >= 4 is 12.2 Å². The van der Waals surface area contributed by atoms with Gasteiger partial charge in [0.1, 0.15) is 36.4 Å². The first-order chi connectivity index (χ1) is 11.0. The van der Waals surface area contributed by atoms with Crippen LogP contribution in [0.2, 0.25) is 0 Å². The van der Waals surface area contributed by atoms with E-state index in [2.05, 4.69) is 5.32 Å². The molecule has 0 aromatic heterocycles. The fourth-order valence-corrected chi connectivity index (χ4v) is 2.33. The number of amides is 1. The molecule has 4 N–H and O–H groups in total. The predicted molar refractivity (Wildman–Crippen MR) is 77.8 cm³/mol. The van der Waals surface area contributed by atoms with Crippen molar-refractivity contribution in [2.75, 3.05) is 6.61 Å². The molecule has 0 bridgehead atoms. The Bertz CT molecular complexity index is 547. The molecule has 1 saturated heterocycles. The zero-order valence-corrected chi connectivity index (χ0v) is 12.5. The van der Waals surface area contributed by atoms with E-state index in [1.807, 2.05) is 0 Å². The van der Waals surface area contributed by atoms with Crippen molar-refractivity contribution < 1.29 is 34.4 Å². The summed E-state index contributed by atoms with van der Waals surface area (Å²) in [7, 11) is 0. The molecule has 0 saturated carbocycles. The van der Waals surface area contributed by atoms with Crippen LogP contribution in [0, 0.1) is 0 Å². The normalized spacial score (nSPS) is 30.5. The van der Waals surface area contributed by atoms with Crippen LogP contribution in [0.1, 0.15) is 17.3 Å². The van der Waals surface area contributed by atoms with E-state index in [-0.39, 0.29) is 0 Å². The molecule has 126 valence electrons. The molecule has 5 atom stereocenters. The van der Waals surface area contributed by atoms with E-state index < -0.39 is 43.2 Å². The van der Waals surface area contributed by atoms with E-state index in [9.17, 15) is 24.9 Å². The highest BCUT2D eigenvalue weighted by Gasteiger charge is 2.46. The first-order valence-electron chi connectivity index (χ1n) is 7.07. The number of carbonyl (C=O) groups is 2. The van der Waals surface area contributed by atoms with Crippen LogP contribution in [0.15, 0.2) is 24.3 Å². The minimum atomic E-state index is -1.37. The monoisotopic (exact) mass is 325 g/mol. The smallest absolute Gasteiger partial charge is 0.223 e. The summed E-state index contributed by atoms with van der Waals surface area (Å²) in [4.78, 5) is 21.9. The first kappa shape index (κ1) is 17.4. The Kier molecular flexibility index (Phi) is 5.67. The quantitative estimate of drug-likeness (QED) is 0.502. The minimum absolute atomic E-state index is 0.344. The van der Waals surface area contributed by atoms with Gasteiger partial charge in [-0.3, -0.25) is 9.59 Å². The molecular weight excluding hydrogens is 306 g/mol. The Labute approximate surface area is 132 Å². The average Bonchev–Trinajstić information content (AvgIpc) is 2.54. The van der Waals surface area contributed by atoms with Gasteiger partial charge in [0.25, 0.3) is 0 Å². The molecule has 23 heavy (non-hydrogen) atoms. The molecule has 1 aromatic rings. The van der Waals surface area contributed by atoms with Gasteiger partial charge in [0, 0.05) is 12.5 Å². The van der Waals surface area contributed by atoms with Crippen LogP contribution in [0.3, 0.4) is 0 Å². The van der Waals surface area contributed by atoms with Gasteiger partial charge >= 0.3 is 0 Å². The maximum absolute atomic E-state index is 11.3. The lowest BCUT2D eigenvalue weighted by Crippen LogP contribution is -2.65. The number of aliphatic hydroxyl groups excluding tert-OH is 3. The van der Waals surface area contributed by atoms with E-state index in [1.165, 1.54) is 31.2 Å². The number of benzene rings is 1. The Balaban J connectivity index is 2.19. The van der Waals surface area contributed by atoms with Gasteiger partial charge < -0.3 is 30.1 Å². The fraction of sp³-hybridized carbons (Fsp3) is 0.467. The van der Waals surface area contributed by atoms with Crippen molar-refractivity contribution in [3.8, 4) is 5.75 Å². The molecule has 8 nitrogen and oxygen atoms in total. The van der Waals surface area contributed by atoms with Gasteiger partial charge in [0.2, 0.25) is 12.2 Å². The molecule has 2 rings (SSSR count). The zero-order chi connectivity index (χ0) is 17.0. The Morgan fingerprint density at radius 2 is 1.96 bits per heavy atom. The van der Waals surface area contributed by atoms with E-state index >= 15 is 0 Å². The maximum Gasteiger partial charge on any atom is 0.223 e. The van der Waals surface area contributed by atoms with Crippen molar-refractivity contribution in [2.24, 2.45) is 0 Å². The second-order valence-corrected chi connectivity index (χ2v) is 5.24. The number of hydrogen-bond donors (Lipinski definition) is 4. The first-order valence-corrected chi connectivity index (χ1v) is 7.07. The summed E-state index contributed by atoms with van der Waals surface area (Å²) in [6.07, 6.45) is -4.22. The summed E-state index contributed by atoms with van der Waals surface area (Å²) >= 11 is 0. The molecule has 1 fully saturated rings. The number of nitrogens with one attached hydrogen (secondary N) is 1. The largest absolute Gasteiger partial charge is 0.463 e. The second-order valence-electron chi connectivity index (χ2n) is 5.24. The van der Waals surface area contributed by atoms with E-state index in [0.717, 1.165) is 0 Å². The third-order valence-corrected chi connectivity index (χ3v) is 3.52. The molecule has 1 aromatic carbocycles. The highest BCUT2D eigenvalue weighted by Crippen LogP contribution is 2.24. The van der Waals surface area contributed by atoms with Gasteiger partial charge in [0.05, 0.1) is 6.61 Å². The van der Waals surface area contributed by atoms with Crippen LogP contribution >= 0.6 is 0 Å². The summed E-state index contributed by atoms with van der Waals surface area (Å²) in [6.45, 7) is 0.738. The molecule has 8 heteroatoms. The molecule has 1 unspecified atom stereocenters. The number of carbonyl (C=O) groups excluding carboxylic acids is 2. The lowest BCUT2D eigenvalue weighted by atomic mass is 9.97. The van der Waals surface area contributed by atoms with Gasteiger partial charge in [-0.2, -0.15) is 0 Å². The number of rotatable bonds is 5. The average molecular weight is 325 g/mol. The summed E-state index contributed by atoms with van der Waals surface area (Å²) in [6, 6.07) is 5.11. The molecule has 1 aliphatic heterocycles. The number of ether oxygens (including phenoxy) is 2. The Morgan fingerprint density at radius 3 is 2.48 bits per heavy atom. The van der Waals surface area contributed by atoms with Crippen LogP contribution in [-0.4, -0.2) is 64.8 Å². The molecule has 0 spiro atoms. The molecule has 1 amide bonds. The van der Waals surface area contributed by atoms with E-state index in [0.29, 0.717) is 17.6 Å². The Morgan fingerprint density at radius 1 is 1.30 bits per heavy atom. The van der Waals surface area contributed by atoms with E-state index in [4.69, 9.17) is 9.47 Å². The van der Waals surface area contributed by atoms with Crippen molar-refractivity contribution in [1.29, 1.82) is 0 Å². The summed E-state index contributed by atoms with van der Waals surface area (Å²) in [5.74, 6) is -0.0894. The number of aliphatic hydroxyl groups is 3.